The monoisotopic (exact) mass is 326 g/mol. The predicted molar refractivity (Wildman–Crippen MR) is 90.9 cm³/mol. The van der Waals surface area contributed by atoms with Crippen LogP contribution in [0.25, 0.3) is 0 Å². The van der Waals surface area contributed by atoms with Crippen LogP contribution in [0.4, 0.5) is 11.4 Å². The number of nitrogens with zero attached hydrogens (tertiary/aromatic N) is 1. The molecule has 1 heterocycles. The minimum Gasteiger partial charge on any atom is -0.497 e. The van der Waals surface area contributed by atoms with Crippen LogP contribution in [0.2, 0.25) is 0 Å². The number of ether oxygens (including phenoxy) is 2. The number of methoxy groups -OCH3 is 1. The summed E-state index contributed by atoms with van der Waals surface area (Å²) in [5.74, 6) is 0.966. The van der Waals surface area contributed by atoms with Crippen molar-refractivity contribution in [2.75, 3.05) is 31.0 Å². The predicted octanol–water partition coefficient (Wildman–Crippen LogP) is 2.69. The van der Waals surface area contributed by atoms with Crippen molar-refractivity contribution in [2.45, 2.75) is 6.42 Å². The molecule has 0 spiro atoms. The fourth-order valence-corrected chi connectivity index (χ4v) is 2.50. The van der Waals surface area contributed by atoms with Crippen molar-refractivity contribution < 1.29 is 19.1 Å². The molecule has 1 aliphatic heterocycles. The lowest BCUT2D eigenvalue weighted by atomic mass is 10.2. The molecule has 1 N–H and O–H groups in total. The zero-order chi connectivity index (χ0) is 17.1. The Hall–Kier alpha value is -3.02. The Balaban J connectivity index is 1.84. The van der Waals surface area contributed by atoms with Crippen molar-refractivity contribution in [2.24, 2.45) is 0 Å². The average molecular weight is 326 g/mol. The summed E-state index contributed by atoms with van der Waals surface area (Å²) in [4.78, 5) is 25.9. The van der Waals surface area contributed by atoms with Gasteiger partial charge in [0.05, 0.1) is 25.8 Å². The lowest BCUT2D eigenvalue weighted by molar-refractivity contribution is -0.118. The number of fused-ring (bicyclic) bond motifs is 1. The SMILES string of the molecule is COc1cccc(C(=O)Nc2ccc3c(c2)N(C)C(=O)CCO3)c1. The van der Waals surface area contributed by atoms with E-state index in [1.54, 1.807) is 61.5 Å². The maximum atomic E-state index is 12.4. The van der Waals surface area contributed by atoms with Gasteiger partial charge in [-0.3, -0.25) is 9.59 Å². The number of anilines is 2. The molecule has 3 rings (SSSR count). The first-order valence-corrected chi connectivity index (χ1v) is 7.57. The summed E-state index contributed by atoms with van der Waals surface area (Å²) in [6.45, 7) is 0.353. The van der Waals surface area contributed by atoms with Gasteiger partial charge in [-0.15, -0.1) is 0 Å². The zero-order valence-electron chi connectivity index (χ0n) is 13.5. The van der Waals surface area contributed by atoms with Crippen LogP contribution >= 0.6 is 0 Å². The molecule has 0 aromatic heterocycles. The number of carbonyl (C=O) groups excluding carboxylic acids is 2. The third-order valence-electron chi connectivity index (χ3n) is 3.86. The van der Waals surface area contributed by atoms with Crippen molar-refractivity contribution in [3.05, 3.63) is 48.0 Å². The topological polar surface area (TPSA) is 67.9 Å². The second-order valence-corrected chi connectivity index (χ2v) is 5.42. The van der Waals surface area contributed by atoms with Gasteiger partial charge in [-0.25, -0.2) is 0 Å². The van der Waals surface area contributed by atoms with E-state index in [-0.39, 0.29) is 11.8 Å². The Morgan fingerprint density at radius 1 is 1.25 bits per heavy atom. The van der Waals surface area contributed by atoms with Crippen LogP contribution in [0.15, 0.2) is 42.5 Å². The minimum atomic E-state index is -0.252. The van der Waals surface area contributed by atoms with E-state index in [4.69, 9.17) is 9.47 Å². The third kappa shape index (κ3) is 3.17. The summed E-state index contributed by atoms with van der Waals surface area (Å²) in [6, 6.07) is 12.1. The molecule has 0 atom stereocenters. The van der Waals surface area contributed by atoms with Gasteiger partial charge in [0.2, 0.25) is 5.91 Å². The normalized spacial score (nSPS) is 13.6. The standard InChI is InChI=1S/C18H18N2O4/c1-20-15-11-13(6-7-16(15)24-9-8-17(20)21)19-18(22)12-4-3-5-14(10-12)23-2/h3-7,10-11H,8-9H2,1-2H3,(H,19,22). The molecule has 6 heteroatoms. The van der Waals surface area contributed by atoms with Gasteiger partial charge in [-0.2, -0.15) is 0 Å². The molecule has 0 aliphatic carbocycles. The van der Waals surface area contributed by atoms with E-state index in [2.05, 4.69) is 5.32 Å². The van der Waals surface area contributed by atoms with E-state index < -0.39 is 0 Å². The Kier molecular flexibility index (Phi) is 4.37. The highest BCUT2D eigenvalue weighted by molar-refractivity contribution is 6.05. The summed E-state index contributed by atoms with van der Waals surface area (Å²) in [5, 5.41) is 2.83. The number of carbonyl (C=O) groups is 2. The van der Waals surface area contributed by atoms with Crippen LogP contribution in [-0.4, -0.2) is 32.6 Å². The molecule has 2 amide bonds. The number of hydrogen-bond donors (Lipinski definition) is 1. The van der Waals surface area contributed by atoms with Gasteiger partial charge in [-0.1, -0.05) is 6.07 Å². The molecule has 1 aliphatic rings. The minimum absolute atomic E-state index is 0.0231. The van der Waals surface area contributed by atoms with E-state index in [9.17, 15) is 9.59 Å². The molecule has 0 radical (unpaired) electrons. The molecule has 124 valence electrons. The zero-order valence-corrected chi connectivity index (χ0v) is 13.5. The van der Waals surface area contributed by atoms with Crippen LogP contribution < -0.4 is 19.7 Å². The van der Waals surface area contributed by atoms with Crippen LogP contribution in [-0.2, 0) is 4.79 Å². The number of nitrogens with one attached hydrogen (secondary N) is 1. The maximum Gasteiger partial charge on any atom is 0.255 e. The highest BCUT2D eigenvalue weighted by Gasteiger charge is 2.20. The van der Waals surface area contributed by atoms with E-state index in [0.717, 1.165) is 0 Å². The largest absolute Gasteiger partial charge is 0.497 e. The Labute approximate surface area is 140 Å². The van der Waals surface area contributed by atoms with Gasteiger partial charge >= 0.3 is 0 Å². The number of hydrogen-bond acceptors (Lipinski definition) is 4. The number of rotatable bonds is 3. The first-order chi connectivity index (χ1) is 11.6. The maximum absolute atomic E-state index is 12.4. The second kappa shape index (κ2) is 6.62. The number of amides is 2. The fourth-order valence-electron chi connectivity index (χ4n) is 2.50. The lowest BCUT2D eigenvalue weighted by Crippen LogP contribution is -2.25. The van der Waals surface area contributed by atoms with Crippen molar-refractivity contribution in [1.29, 1.82) is 0 Å². The van der Waals surface area contributed by atoms with Crippen molar-refractivity contribution in [3.8, 4) is 11.5 Å². The van der Waals surface area contributed by atoms with Crippen LogP contribution in [0, 0.1) is 0 Å². The molecule has 6 nitrogen and oxygen atoms in total. The Morgan fingerprint density at radius 3 is 2.88 bits per heavy atom. The van der Waals surface area contributed by atoms with E-state index in [0.29, 0.717) is 41.5 Å². The van der Waals surface area contributed by atoms with Gasteiger partial charge < -0.3 is 19.7 Å². The van der Waals surface area contributed by atoms with Crippen LogP contribution in [0.5, 0.6) is 11.5 Å². The van der Waals surface area contributed by atoms with Crippen LogP contribution in [0.3, 0.4) is 0 Å². The van der Waals surface area contributed by atoms with E-state index in [1.165, 1.54) is 0 Å². The third-order valence-corrected chi connectivity index (χ3v) is 3.86. The summed E-state index contributed by atoms with van der Waals surface area (Å²) in [7, 11) is 3.25. The summed E-state index contributed by atoms with van der Waals surface area (Å²) in [5.41, 5.74) is 1.72. The van der Waals surface area contributed by atoms with E-state index in [1.807, 2.05) is 0 Å². The van der Waals surface area contributed by atoms with Crippen molar-refractivity contribution in [1.82, 2.24) is 0 Å². The van der Waals surface area contributed by atoms with Gasteiger partial charge in [0.15, 0.2) is 0 Å². The first kappa shape index (κ1) is 15.9. The van der Waals surface area contributed by atoms with Crippen LogP contribution in [0.1, 0.15) is 16.8 Å². The highest BCUT2D eigenvalue weighted by atomic mass is 16.5. The molecule has 2 aromatic rings. The Bertz CT molecular complexity index is 788. The summed E-state index contributed by atoms with van der Waals surface area (Å²) >= 11 is 0. The summed E-state index contributed by atoms with van der Waals surface area (Å²) < 4.78 is 10.7. The molecular formula is C18H18N2O4. The molecule has 2 aromatic carbocycles. The molecule has 0 unspecified atom stereocenters. The first-order valence-electron chi connectivity index (χ1n) is 7.57. The highest BCUT2D eigenvalue weighted by Crippen LogP contribution is 2.33. The molecule has 0 fully saturated rings. The Morgan fingerprint density at radius 2 is 2.08 bits per heavy atom. The summed E-state index contributed by atoms with van der Waals surface area (Å²) in [6.07, 6.45) is 0.330. The average Bonchev–Trinajstić information content (AvgIpc) is 2.74. The van der Waals surface area contributed by atoms with Gasteiger partial charge in [0.25, 0.3) is 5.91 Å². The van der Waals surface area contributed by atoms with Gasteiger partial charge in [0, 0.05) is 18.3 Å². The molecule has 0 saturated carbocycles. The number of benzene rings is 2. The van der Waals surface area contributed by atoms with E-state index >= 15 is 0 Å². The smallest absolute Gasteiger partial charge is 0.255 e. The van der Waals surface area contributed by atoms with Gasteiger partial charge in [-0.05, 0) is 36.4 Å². The fraction of sp³-hybridized carbons (Fsp3) is 0.222. The molecule has 24 heavy (non-hydrogen) atoms. The van der Waals surface area contributed by atoms with Crippen molar-refractivity contribution >= 4 is 23.2 Å². The quantitative estimate of drug-likeness (QED) is 0.941. The van der Waals surface area contributed by atoms with Crippen molar-refractivity contribution in [3.63, 3.8) is 0 Å². The lowest BCUT2D eigenvalue weighted by Gasteiger charge is -2.17. The molecular weight excluding hydrogens is 308 g/mol. The molecule has 0 bridgehead atoms. The second-order valence-electron chi connectivity index (χ2n) is 5.42. The van der Waals surface area contributed by atoms with Gasteiger partial charge in [0.1, 0.15) is 11.5 Å². The molecule has 0 saturated heterocycles.